The highest BCUT2D eigenvalue weighted by Crippen LogP contribution is 2.07. The minimum absolute atomic E-state index is 0.233. The Morgan fingerprint density at radius 2 is 2.38 bits per heavy atom. The number of carbonyl (C=O) groups is 1. The number of nitrogens with one attached hydrogen (secondary N) is 2. The number of amides is 1. The Labute approximate surface area is 97.7 Å². The van der Waals surface area contributed by atoms with E-state index in [1.54, 1.807) is 12.3 Å². The molecule has 0 radical (unpaired) electrons. The molecular weight excluding hydrogens is 226 g/mol. The van der Waals surface area contributed by atoms with Gasteiger partial charge in [-0.1, -0.05) is 11.6 Å². The first-order chi connectivity index (χ1) is 7.75. The van der Waals surface area contributed by atoms with Crippen molar-refractivity contribution in [3.05, 3.63) is 53.1 Å². The fraction of sp³-hybridized carbons (Fsp3) is 0.0909. The van der Waals surface area contributed by atoms with Crippen molar-refractivity contribution in [3.8, 4) is 0 Å². The first kappa shape index (κ1) is 10.7. The summed E-state index contributed by atoms with van der Waals surface area (Å²) >= 11 is 5.76. The molecule has 0 unspecified atom stereocenters. The van der Waals surface area contributed by atoms with E-state index in [0.717, 1.165) is 5.56 Å². The van der Waals surface area contributed by atoms with Crippen LogP contribution in [0.3, 0.4) is 0 Å². The van der Waals surface area contributed by atoms with E-state index < -0.39 is 0 Å². The zero-order valence-electron chi connectivity index (χ0n) is 8.40. The zero-order valence-corrected chi connectivity index (χ0v) is 9.16. The summed E-state index contributed by atoms with van der Waals surface area (Å²) in [6, 6.07) is 5.06. The van der Waals surface area contributed by atoms with Crippen LogP contribution in [0.5, 0.6) is 0 Å². The standard InChI is InChI=1S/C11H10ClN3O/c12-9-2-4-14-10(5-9)11(16)15-7-8-1-3-13-6-8/h1-6,13H,7H2,(H,15,16). The molecule has 2 N–H and O–H groups in total. The van der Waals surface area contributed by atoms with Gasteiger partial charge in [0.2, 0.25) is 0 Å². The Bertz CT molecular complexity index is 482. The first-order valence-electron chi connectivity index (χ1n) is 4.77. The molecule has 2 rings (SSSR count). The normalized spacial score (nSPS) is 10.1. The Morgan fingerprint density at radius 3 is 3.06 bits per heavy atom. The van der Waals surface area contributed by atoms with Crippen molar-refractivity contribution in [2.24, 2.45) is 0 Å². The lowest BCUT2D eigenvalue weighted by Gasteiger charge is -2.02. The Balaban J connectivity index is 1.98. The summed E-state index contributed by atoms with van der Waals surface area (Å²) in [5.74, 6) is -0.233. The molecule has 0 fully saturated rings. The van der Waals surface area contributed by atoms with Crippen LogP contribution in [0.25, 0.3) is 0 Å². The van der Waals surface area contributed by atoms with Crippen molar-refractivity contribution < 1.29 is 4.79 Å². The third-order valence-electron chi connectivity index (χ3n) is 2.07. The number of halogens is 1. The molecule has 0 aromatic carbocycles. The molecule has 0 aliphatic carbocycles. The maximum absolute atomic E-state index is 11.6. The van der Waals surface area contributed by atoms with Gasteiger partial charge in [-0.15, -0.1) is 0 Å². The Morgan fingerprint density at radius 1 is 1.50 bits per heavy atom. The van der Waals surface area contributed by atoms with Crippen LogP contribution in [0.4, 0.5) is 0 Å². The van der Waals surface area contributed by atoms with Crippen molar-refractivity contribution in [2.75, 3.05) is 0 Å². The largest absolute Gasteiger partial charge is 0.367 e. The minimum Gasteiger partial charge on any atom is -0.367 e. The number of aromatic amines is 1. The van der Waals surface area contributed by atoms with Gasteiger partial charge in [-0.05, 0) is 23.8 Å². The SMILES string of the molecule is O=C(NCc1cc[nH]c1)c1cc(Cl)ccn1. The van der Waals surface area contributed by atoms with Crippen molar-refractivity contribution in [1.29, 1.82) is 0 Å². The summed E-state index contributed by atoms with van der Waals surface area (Å²) < 4.78 is 0. The van der Waals surface area contributed by atoms with Crippen LogP contribution in [0.15, 0.2) is 36.8 Å². The number of nitrogens with zero attached hydrogens (tertiary/aromatic N) is 1. The van der Waals surface area contributed by atoms with Gasteiger partial charge < -0.3 is 10.3 Å². The average Bonchev–Trinajstić information content (AvgIpc) is 2.78. The van der Waals surface area contributed by atoms with Crippen molar-refractivity contribution in [3.63, 3.8) is 0 Å². The second-order valence-corrected chi connectivity index (χ2v) is 3.70. The second kappa shape index (κ2) is 4.81. The van der Waals surface area contributed by atoms with Gasteiger partial charge in [-0.25, -0.2) is 0 Å². The molecule has 0 atom stereocenters. The highest BCUT2D eigenvalue weighted by Gasteiger charge is 2.06. The van der Waals surface area contributed by atoms with Crippen LogP contribution in [-0.4, -0.2) is 15.9 Å². The molecule has 2 heterocycles. The summed E-state index contributed by atoms with van der Waals surface area (Å²) in [7, 11) is 0. The van der Waals surface area contributed by atoms with E-state index in [9.17, 15) is 4.79 Å². The predicted molar refractivity (Wildman–Crippen MR) is 61.2 cm³/mol. The van der Waals surface area contributed by atoms with Gasteiger partial charge in [0, 0.05) is 30.2 Å². The number of pyridine rings is 1. The van der Waals surface area contributed by atoms with Gasteiger partial charge in [0.1, 0.15) is 5.69 Å². The number of H-pyrrole nitrogens is 1. The zero-order chi connectivity index (χ0) is 11.4. The lowest BCUT2D eigenvalue weighted by Crippen LogP contribution is -2.23. The van der Waals surface area contributed by atoms with E-state index in [-0.39, 0.29) is 5.91 Å². The summed E-state index contributed by atoms with van der Waals surface area (Å²) in [4.78, 5) is 18.5. The van der Waals surface area contributed by atoms with Crippen LogP contribution >= 0.6 is 11.6 Å². The first-order valence-corrected chi connectivity index (χ1v) is 5.15. The average molecular weight is 236 g/mol. The molecular formula is C11H10ClN3O. The van der Waals surface area contributed by atoms with E-state index >= 15 is 0 Å². The van der Waals surface area contributed by atoms with E-state index in [2.05, 4.69) is 15.3 Å². The summed E-state index contributed by atoms with van der Waals surface area (Å²) in [6.07, 6.45) is 5.14. The number of hydrogen-bond acceptors (Lipinski definition) is 2. The van der Waals surface area contributed by atoms with Gasteiger partial charge in [-0.2, -0.15) is 0 Å². The fourth-order valence-corrected chi connectivity index (χ4v) is 1.43. The maximum Gasteiger partial charge on any atom is 0.270 e. The van der Waals surface area contributed by atoms with Crippen molar-refractivity contribution in [1.82, 2.24) is 15.3 Å². The number of rotatable bonds is 3. The summed E-state index contributed by atoms with van der Waals surface area (Å²) in [5, 5.41) is 3.25. The molecule has 16 heavy (non-hydrogen) atoms. The molecule has 4 nitrogen and oxygen atoms in total. The molecule has 1 amide bonds. The molecule has 0 aliphatic heterocycles. The second-order valence-electron chi connectivity index (χ2n) is 3.26. The molecule has 0 bridgehead atoms. The molecule has 0 saturated carbocycles. The van der Waals surface area contributed by atoms with Crippen molar-refractivity contribution >= 4 is 17.5 Å². The highest BCUT2D eigenvalue weighted by molar-refractivity contribution is 6.30. The molecule has 0 saturated heterocycles. The highest BCUT2D eigenvalue weighted by atomic mass is 35.5. The Hall–Kier alpha value is -1.81. The predicted octanol–water partition coefficient (Wildman–Crippen LogP) is 1.99. The third kappa shape index (κ3) is 2.61. The van der Waals surface area contributed by atoms with E-state index in [0.29, 0.717) is 17.3 Å². The van der Waals surface area contributed by atoms with Crippen LogP contribution in [0.1, 0.15) is 16.1 Å². The van der Waals surface area contributed by atoms with E-state index in [1.807, 2.05) is 12.3 Å². The Kier molecular flexibility index (Phi) is 3.22. The van der Waals surface area contributed by atoms with E-state index in [1.165, 1.54) is 12.3 Å². The van der Waals surface area contributed by atoms with Gasteiger partial charge >= 0.3 is 0 Å². The fourth-order valence-electron chi connectivity index (χ4n) is 1.27. The lowest BCUT2D eigenvalue weighted by atomic mass is 10.3. The maximum atomic E-state index is 11.6. The van der Waals surface area contributed by atoms with Crippen molar-refractivity contribution in [2.45, 2.75) is 6.54 Å². The van der Waals surface area contributed by atoms with Gasteiger partial charge in [0.05, 0.1) is 0 Å². The molecule has 0 spiro atoms. The molecule has 82 valence electrons. The smallest absolute Gasteiger partial charge is 0.270 e. The van der Waals surface area contributed by atoms with Crippen LogP contribution in [-0.2, 0) is 6.54 Å². The minimum atomic E-state index is -0.233. The topological polar surface area (TPSA) is 57.8 Å². The third-order valence-corrected chi connectivity index (χ3v) is 2.31. The molecule has 2 aromatic rings. The van der Waals surface area contributed by atoms with Crippen LogP contribution in [0.2, 0.25) is 5.02 Å². The monoisotopic (exact) mass is 235 g/mol. The number of aromatic nitrogens is 2. The lowest BCUT2D eigenvalue weighted by molar-refractivity contribution is 0.0946. The number of hydrogen-bond donors (Lipinski definition) is 2. The van der Waals surface area contributed by atoms with E-state index in [4.69, 9.17) is 11.6 Å². The summed E-state index contributed by atoms with van der Waals surface area (Å²) in [5.41, 5.74) is 1.33. The van der Waals surface area contributed by atoms with Gasteiger partial charge in [0.15, 0.2) is 0 Å². The van der Waals surface area contributed by atoms with Crippen LogP contribution in [0, 0.1) is 0 Å². The van der Waals surface area contributed by atoms with Gasteiger partial charge in [0.25, 0.3) is 5.91 Å². The number of carbonyl (C=O) groups excluding carboxylic acids is 1. The van der Waals surface area contributed by atoms with Crippen LogP contribution < -0.4 is 5.32 Å². The summed E-state index contributed by atoms with van der Waals surface area (Å²) in [6.45, 7) is 0.469. The molecule has 0 aliphatic rings. The quantitative estimate of drug-likeness (QED) is 0.855. The van der Waals surface area contributed by atoms with Gasteiger partial charge in [-0.3, -0.25) is 9.78 Å². The molecule has 2 aromatic heterocycles. The molecule has 5 heteroatoms.